The third-order valence-electron chi connectivity index (χ3n) is 2.81. The summed E-state index contributed by atoms with van der Waals surface area (Å²) in [5, 5.41) is 0. The van der Waals surface area contributed by atoms with Crippen molar-refractivity contribution in [2.75, 3.05) is 0 Å². The Kier molecular flexibility index (Phi) is 6.70. The summed E-state index contributed by atoms with van der Waals surface area (Å²) in [6.45, 7) is 1.82. The van der Waals surface area contributed by atoms with Gasteiger partial charge in [-0.2, -0.15) is 26.3 Å². The SMILES string of the molecule is CCC(CC)(N(Cl)Cl)N(S(=O)(=O)C(F)(F)F)S(=O)(=O)C(F)(F)F. The molecule has 140 valence electrons. The molecule has 0 fully saturated rings. The van der Waals surface area contributed by atoms with Crippen LogP contribution in [0.4, 0.5) is 26.3 Å². The van der Waals surface area contributed by atoms with Crippen molar-refractivity contribution in [2.45, 2.75) is 43.4 Å². The molecule has 0 aromatic rings. The van der Waals surface area contributed by atoms with Crippen molar-refractivity contribution in [1.82, 2.24) is 7.65 Å². The summed E-state index contributed by atoms with van der Waals surface area (Å²) in [7, 11) is -14.0. The largest absolute Gasteiger partial charge is 0.512 e. The summed E-state index contributed by atoms with van der Waals surface area (Å²) >= 11 is 10.4. The predicted octanol–water partition coefficient (Wildman–Crippen LogP) is 3.11. The first kappa shape index (κ1) is 23.0. The van der Waals surface area contributed by atoms with E-state index in [1.165, 1.54) is 0 Å². The van der Waals surface area contributed by atoms with Crippen molar-refractivity contribution in [3.63, 3.8) is 0 Å². The normalized spacial score (nSPS) is 15.5. The van der Waals surface area contributed by atoms with Gasteiger partial charge in [0.25, 0.3) is 0 Å². The van der Waals surface area contributed by atoms with Crippen LogP contribution in [0.1, 0.15) is 26.7 Å². The molecule has 0 radical (unpaired) electrons. The third kappa shape index (κ3) is 3.81. The van der Waals surface area contributed by atoms with Crippen LogP contribution in [0.25, 0.3) is 0 Å². The zero-order chi connectivity index (χ0) is 19.1. The Morgan fingerprint density at radius 3 is 1.17 bits per heavy atom. The highest BCUT2D eigenvalue weighted by atomic mass is 35.5. The first-order chi connectivity index (χ1) is 9.93. The molecule has 0 bridgehead atoms. The van der Waals surface area contributed by atoms with Crippen LogP contribution < -0.4 is 0 Å². The van der Waals surface area contributed by atoms with Crippen molar-refractivity contribution < 1.29 is 43.2 Å². The molecule has 0 atom stereocenters. The molecule has 16 heteroatoms. The van der Waals surface area contributed by atoms with E-state index in [0.29, 0.717) is 0 Å². The maximum absolute atomic E-state index is 12.7. The van der Waals surface area contributed by atoms with Crippen LogP contribution in [0.15, 0.2) is 0 Å². The molecular formula is C7H10Cl2F6N2O4S2. The number of hydrogen-bond donors (Lipinski definition) is 0. The molecule has 0 aliphatic carbocycles. The summed E-state index contributed by atoms with van der Waals surface area (Å²) in [6, 6.07) is 0. The van der Waals surface area contributed by atoms with Gasteiger partial charge in [0, 0.05) is 0 Å². The summed E-state index contributed by atoms with van der Waals surface area (Å²) in [6.07, 6.45) is -1.80. The van der Waals surface area contributed by atoms with E-state index in [2.05, 4.69) is 0 Å². The molecule has 0 unspecified atom stereocenters. The van der Waals surface area contributed by atoms with Crippen molar-refractivity contribution >= 4 is 43.6 Å². The van der Waals surface area contributed by atoms with Crippen molar-refractivity contribution in [2.24, 2.45) is 0 Å². The van der Waals surface area contributed by atoms with E-state index >= 15 is 0 Å². The number of alkyl halides is 6. The third-order valence-corrected chi connectivity index (χ3v) is 7.34. The van der Waals surface area contributed by atoms with E-state index in [9.17, 15) is 43.2 Å². The van der Waals surface area contributed by atoms with Crippen LogP contribution in [-0.4, -0.2) is 41.2 Å². The van der Waals surface area contributed by atoms with Crippen LogP contribution >= 0.6 is 23.6 Å². The van der Waals surface area contributed by atoms with Gasteiger partial charge < -0.3 is 0 Å². The van der Waals surface area contributed by atoms with Crippen molar-refractivity contribution in [1.29, 1.82) is 0 Å². The average molecular weight is 435 g/mol. The number of sulfonamides is 2. The van der Waals surface area contributed by atoms with Gasteiger partial charge in [0.05, 0.1) is 0 Å². The topological polar surface area (TPSA) is 74.8 Å². The number of nitrogens with zero attached hydrogens (tertiary/aromatic N) is 2. The van der Waals surface area contributed by atoms with Crippen LogP contribution in [0.2, 0.25) is 0 Å². The molecule has 0 heterocycles. The molecule has 0 aliphatic heterocycles. The molecule has 0 spiro atoms. The number of rotatable bonds is 6. The Balaban J connectivity index is 6.98. The molecule has 0 N–H and O–H groups in total. The van der Waals surface area contributed by atoms with E-state index in [1.54, 1.807) is 0 Å². The maximum Gasteiger partial charge on any atom is 0.512 e. The summed E-state index contributed by atoms with van der Waals surface area (Å²) < 4.78 is 120. The Morgan fingerprint density at radius 2 is 1.04 bits per heavy atom. The Labute approximate surface area is 138 Å². The Bertz CT molecular complexity index is 582. The predicted molar refractivity (Wildman–Crippen MR) is 68.6 cm³/mol. The minimum absolute atomic E-state index is 0.362. The summed E-state index contributed by atoms with van der Waals surface area (Å²) in [4.78, 5) is 0. The smallest absolute Gasteiger partial charge is 0.202 e. The summed E-state index contributed by atoms with van der Waals surface area (Å²) in [5.41, 5.74) is -15.7. The van der Waals surface area contributed by atoms with Gasteiger partial charge in [-0.05, 0) is 36.4 Å². The second kappa shape index (κ2) is 6.71. The number of halogens is 8. The van der Waals surface area contributed by atoms with Gasteiger partial charge in [-0.3, -0.25) is 0 Å². The summed E-state index contributed by atoms with van der Waals surface area (Å²) in [5.74, 6) is 0. The highest BCUT2D eigenvalue weighted by Crippen LogP contribution is 2.44. The molecular weight excluding hydrogens is 425 g/mol. The van der Waals surface area contributed by atoms with Crippen LogP contribution in [0.5, 0.6) is 0 Å². The first-order valence-electron chi connectivity index (χ1n) is 5.48. The highest BCUT2D eigenvalue weighted by Gasteiger charge is 2.68. The van der Waals surface area contributed by atoms with Gasteiger partial charge in [-0.25, -0.2) is 16.8 Å². The minimum atomic E-state index is -6.99. The molecule has 0 aromatic carbocycles. The molecule has 0 aromatic heterocycles. The molecule has 0 aliphatic rings. The fraction of sp³-hybridized carbons (Fsp3) is 1.00. The lowest BCUT2D eigenvalue weighted by atomic mass is 10.1. The fourth-order valence-corrected chi connectivity index (χ4v) is 5.87. The quantitative estimate of drug-likeness (QED) is 0.364. The maximum atomic E-state index is 12.7. The average Bonchev–Trinajstić information content (AvgIpc) is 2.31. The van der Waals surface area contributed by atoms with Gasteiger partial charge in [-0.1, -0.05) is 17.6 Å². The molecule has 0 saturated carbocycles. The van der Waals surface area contributed by atoms with Crippen molar-refractivity contribution in [3.8, 4) is 0 Å². The highest BCUT2D eigenvalue weighted by molar-refractivity contribution is 8.04. The van der Waals surface area contributed by atoms with Crippen molar-refractivity contribution in [3.05, 3.63) is 0 Å². The zero-order valence-corrected chi connectivity index (χ0v) is 14.4. The van der Waals surface area contributed by atoms with E-state index in [-0.39, 0.29) is 3.94 Å². The first-order valence-corrected chi connectivity index (χ1v) is 9.04. The standard InChI is InChI=1S/C7H10Cl2F6N2O4S2/c1-3-5(4-2,16(8)9)17(22(18,19)6(10,11)12)23(20,21)7(13,14)15/h3-4H2,1-2H3. The van der Waals surface area contributed by atoms with Gasteiger partial charge >= 0.3 is 31.1 Å². The van der Waals surface area contributed by atoms with Crippen LogP contribution in [-0.2, 0) is 20.0 Å². The van der Waals surface area contributed by atoms with Gasteiger partial charge in [-0.15, -0.1) is 3.94 Å². The lowest BCUT2D eigenvalue weighted by molar-refractivity contribution is -0.0599. The molecule has 0 amide bonds. The van der Waals surface area contributed by atoms with E-state index < -0.39 is 53.3 Å². The fourth-order valence-electron chi connectivity index (χ4n) is 1.57. The van der Waals surface area contributed by atoms with Gasteiger partial charge in [0.2, 0.25) is 0 Å². The Hall–Kier alpha value is -0.0200. The number of hydrogen-bond acceptors (Lipinski definition) is 5. The lowest BCUT2D eigenvalue weighted by Crippen LogP contribution is -2.63. The van der Waals surface area contributed by atoms with Crippen LogP contribution in [0, 0.1) is 0 Å². The monoisotopic (exact) mass is 434 g/mol. The molecule has 6 nitrogen and oxygen atoms in total. The molecule has 0 rings (SSSR count). The minimum Gasteiger partial charge on any atom is -0.202 e. The van der Waals surface area contributed by atoms with Gasteiger partial charge in [0.15, 0.2) is 0 Å². The zero-order valence-electron chi connectivity index (χ0n) is 11.3. The van der Waals surface area contributed by atoms with Crippen LogP contribution in [0.3, 0.4) is 0 Å². The molecule has 23 heavy (non-hydrogen) atoms. The van der Waals surface area contributed by atoms with Gasteiger partial charge in [0.1, 0.15) is 5.66 Å². The molecule has 0 saturated heterocycles. The lowest BCUT2D eigenvalue weighted by Gasteiger charge is -2.42. The van der Waals surface area contributed by atoms with E-state index in [0.717, 1.165) is 13.8 Å². The Morgan fingerprint density at radius 1 is 0.783 bits per heavy atom. The van der Waals surface area contributed by atoms with E-state index in [4.69, 9.17) is 23.6 Å². The second-order valence-electron chi connectivity index (χ2n) is 4.02. The second-order valence-corrected chi connectivity index (χ2v) is 8.66. The van der Waals surface area contributed by atoms with E-state index in [1.807, 2.05) is 0 Å².